The molecule has 1 fully saturated rings. The summed E-state index contributed by atoms with van der Waals surface area (Å²) in [6.45, 7) is -0.0845. The zero-order valence-corrected chi connectivity index (χ0v) is 10.5. The van der Waals surface area contributed by atoms with E-state index in [1.54, 1.807) is 0 Å². The molecule has 0 radical (unpaired) electrons. The molecule has 1 aromatic carbocycles. The van der Waals surface area contributed by atoms with Crippen molar-refractivity contribution in [1.29, 1.82) is 0 Å². The number of anilines is 1. The van der Waals surface area contributed by atoms with Crippen molar-refractivity contribution in [2.75, 3.05) is 11.4 Å². The first kappa shape index (κ1) is 13.4. The van der Waals surface area contributed by atoms with Crippen LogP contribution in [0.15, 0.2) is 24.3 Å². The van der Waals surface area contributed by atoms with Crippen LogP contribution < -0.4 is 10.0 Å². The topological polar surface area (TPSA) is 124 Å². The summed E-state index contributed by atoms with van der Waals surface area (Å²) in [7, 11) is -3.80. The zero-order chi connectivity index (χ0) is 14.2. The molecule has 0 aromatic heterocycles. The number of carbonyl (C=O) groups excluding carboxylic acids is 1. The normalized spacial score (nSPS) is 19.7. The van der Waals surface area contributed by atoms with E-state index < -0.39 is 26.1 Å². The number of nitrogens with two attached hydrogens (primary N) is 1. The first-order valence-electron chi connectivity index (χ1n) is 5.35. The number of nitrogens with zero attached hydrogens (tertiary/aromatic N) is 2. The molecule has 1 unspecified atom stereocenters. The van der Waals surface area contributed by atoms with E-state index in [1.807, 2.05) is 0 Å². The quantitative estimate of drug-likeness (QED) is 0.617. The van der Waals surface area contributed by atoms with Gasteiger partial charge in [0.25, 0.3) is 5.69 Å². The van der Waals surface area contributed by atoms with Crippen molar-refractivity contribution >= 4 is 27.3 Å². The highest BCUT2D eigenvalue weighted by Crippen LogP contribution is 2.27. The van der Waals surface area contributed by atoms with Gasteiger partial charge in [0.05, 0.1) is 10.6 Å². The fraction of sp³-hybridized carbons (Fsp3) is 0.300. The predicted octanol–water partition coefficient (Wildman–Crippen LogP) is -0.0114. The van der Waals surface area contributed by atoms with E-state index in [1.165, 1.54) is 29.2 Å². The smallest absolute Gasteiger partial charge is 0.271 e. The third-order valence-electron chi connectivity index (χ3n) is 2.91. The van der Waals surface area contributed by atoms with Gasteiger partial charge in [-0.25, -0.2) is 13.6 Å². The van der Waals surface area contributed by atoms with Crippen LogP contribution in [-0.2, 0) is 14.8 Å². The molecule has 0 bridgehead atoms. The SMILES string of the molecule is NS(=O)(=O)C1CC(=O)N(c2cccc([N+](=O)[O-])c2)C1. The van der Waals surface area contributed by atoms with Gasteiger partial charge < -0.3 is 4.90 Å². The van der Waals surface area contributed by atoms with Crippen LogP contribution in [0.25, 0.3) is 0 Å². The fourth-order valence-electron chi connectivity index (χ4n) is 1.92. The summed E-state index contributed by atoms with van der Waals surface area (Å²) in [4.78, 5) is 23.0. The minimum Gasteiger partial charge on any atom is -0.311 e. The standard InChI is InChI=1S/C10H11N3O5S/c11-19(17,18)9-5-10(14)12(6-9)7-2-1-3-8(4-7)13(15)16/h1-4,9H,5-6H2,(H2,11,17,18). The Kier molecular flexibility index (Phi) is 3.25. The van der Waals surface area contributed by atoms with Crippen molar-refractivity contribution < 1.29 is 18.1 Å². The van der Waals surface area contributed by atoms with Crippen LogP contribution in [-0.4, -0.2) is 31.0 Å². The molecule has 1 amide bonds. The second-order valence-corrected chi connectivity index (χ2v) is 6.04. The van der Waals surface area contributed by atoms with Crippen LogP contribution in [0.3, 0.4) is 0 Å². The average Bonchev–Trinajstić information content (AvgIpc) is 2.71. The molecule has 0 aliphatic carbocycles. The molecule has 2 N–H and O–H groups in total. The van der Waals surface area contributed by atoms with Crippen LogP contribution in [0.4, 0.5) is 11.4 Å². The van der Waals surface area contributed by atoms with Crippen molar-refractivity contribution in [1.82, 2.24) is 0 Å². The number of sulfonamides is 1. The van der Waals surface area contributed by atoms with E-state index in [0.29, 0.717) is 5.69 Å². The number of primary sulfonamides is 1. The third-order valence-corrected chi connectivity index (χ3v) is 4.15. The lowest BCUT2D eigenvalue weighted by molar-refractivity contribution is -0.384. The highest BCUT2D eigenvalue weighted by atomic mass is 32.2. The number of non-ortho nitro benzene ring substituents is 1. The molecule has 1 heterocycles. The van der Waals surface area contributed by atoms with E-state index in [-0.39, 0.29) is 18.7 Å². The van der Waals surface area contributed by atoms with Crippen molar-refractivity contribution in [2.45, 2.75) is 11.7 Å². The van der Waals surface area contributed by atoms with E-state index in [4.69, 9.17) is 5.14 Å². The second-order valence-electron chi connectivity index (χ2n) is 4.20. The van der Waals surface area contributed by atoms with Gasteiger partial charge in [-0.2, -0.15) is 0 Å². The Balaban J connectivity index is 2.31. The summed E-state index contributed by atoms with van der Waals surface area (Å²) in [5.74, 6) is -0.417. The number of hydrogen-bond acceptors (Lipinski definition) is 5. The number of amides is 1. The average molecular weight is 285 g/mol. The minimum atomic E-state index is -3.80. The van der Waals surface area contributed by atoms with Crippen LogP contribution in [0.2, 0.25) is 0 Å². The molecule has 8 nitrogen and oxygen atoms in total. The summed E-state index contributed by atoms with van der Waals surface area (Å²) in [5, 5.41) is 14.7. The zero-order valence-electron chi connectivity index (χ0n) is 9.72. The number of nitro benzene ring substituents is 1. The van der Waals surface area contributed by atoms with E-state index in [9.17, 15) is 23.3 Å². The second kappa shape index (κ2) is 4.59. The molecule has 1 aromatic rings. The lowest BCUT2D eigenvalue weighted by atomic mass is 10.2. The van der Waals surface area contributed by atoms with Gasteiger partial charge >= 0.3 is 0 Å². The molecule has 2 rings (SSSR count). The van der Waals surface area contributed by atoms with Crippen LogP contribution in [0.5, 0.6) is 0 Å². The van der Waals surface area contributed by atoms with Gasteiger partial charge in [-0.3, -0.25) is 14.9 Å². The summed E-state index contributed by atoms with van der Waals surface area (Å²) in [6, 6.07) is 5.46. The maximum absolute atomic E-state index is 11.7. The summed E-state index contributed by atoms with van der Waals surface area (Å²) < 4.78 is 22.4. The van der Waals surface area contributed by atoms with Gasteiger partial charge in [0, 0.05) is 25.1 Å². The Labute approximate surface area is 109 Å². The highest BCUT2D eigenvalue weighted by molar-refractivity contribution is 7.89. The first-order valence-corrected chi connectivity index (χ1v) is 6.96. The van der Waals surface area contributed by atoms with Crippen LogP contribution >= 0.6 is 0 Å². The Bertz CT molecular complexity index is 642. The molecule has 1 aliphatic heterocycles. The van der Waals surface area contributed by atoms with Gasteiger partial charge in [-0.1, -0.05) is 6.07 Å². The van der Waals surface area contributed by atoms with Crippen LogP contribution in [0, 0.1) is 10.1 Å². The van der Waals surface area contributed by atoms with E-state index >= 15 is 0 Å². The van der Waals surface area contributed by atoms with Crippen molar-refractivity contribution in [3.63, 3.8) is 0 Å². The maximum atomic E-state index is 11.7. The highest BCUT2D eigenvalue weighted by Gasteiger charge is 2.37. The molecule has 0 saturated carbocycles. The number of carbonyl (C=O) groups is 1. The fourth-order valence-corrected chi connectivity index (χ4v) is 2.65. The largest absolute Gasteiger partial charge is 0.311 e. The third kappa shape index (κ3) is 2.71. The van der Waals surface area contributed by atoms with Crippen molar-refractivity contribution in [2.24, 2.45) is 5.14 Å². The molecule has 19 heavy (non-hydrogen) atoms. The maximum Gasteiger partial charge on any atom is 0.271 e. The lowest BCUT2D eigenvalue weighted by Crippen LogP contribution is -2.32. The van der Waals surface area contributed by atoms with Gasteiger partial charge in [0.2, 0.25) is 15.9 Å². The van der Waals surface area contributed by atoms with E-state index in [2.05, 4.69) is 0 Å². The Morgan fingerprint density at radius 2 is 2.11 bits per heavy atom. The number of rotatable bonds is 3. The molecule has 9 heteroatoms. The van der Waals surface area contributed by atoms with Gasteiger partial charge in [-0.15, -0.1) is 0 Å². The molecule has 102 valence electrons. The molecular weight excluding hydrogens is 274 g/mol. The molecule has 0 spiro atoms. The van der Waals surface area contributed by atoms with E-state index in [0.717, 1.165) is 0 Å². The number of benzene rings is 1. The van der Waals surface area contributed by atoms with Gasteiger partial charge in [0.1, 0.15) is 5.25 Å². The summed E-state index contributed by atoms with van der Waals surface area (Å²) in [6.07, 6.45) is -0.207. The Morgan fingerprint density at radius 1 is 1.42 bits per heavy atom. The molecule has 1 aliphatic rings. The van der Waals surface area contributed by atoms with Crippen molar-refractivity contribution in [3.05, 3.63) is 34.4 Å². The number of hydrogen-bond donors (Lipinski definition) is 1. The van der Waals surface area contributed by atoms with Crippen LogP contribution in [0.1, 0.15) is 6.42 Å². The monoisotopic (exact) mass is 285 g/mol. The Hall–Kier alpha value is -2.00. The Morgan fingerprint density at radius 3 is 2.63 bits per heavy atom. The molecule has 1 atom stereocenters. The summed E-state index contributed by atoms with van der Waals surface area (Å²) in [5.41, 5.74) is 0.134. The first-order chi connectivity index (χ1) is 8.79. The molecule has 1 saturated heterocycles. The molecular formula is C10H11N3O5S. The van der Waals surface area contributed by atoms with Crippen molar-refractivity contribution in [3.8, 4) is 0 Å². The van der Waals surface area contributed by atoms with Gasteiger partial charge in [-0.05, 0) is 6.07 Å². The predicted molar refractivity (Wildman–Crippen MR) is 67.0 cm³/mol. The van der Waals surface area contributed by atoms with Gasteiger partial charge in [0.15, 0.2) is 0 Å². The number of nitro groups is 1. The summed E-state index contributed by atoms with van der Waals surface area (Å²) >= 11 is 0. The minimum absolute atomic E-state index is 0.0845. The lowest BCUT2D eigenvalue weighted by Gasteiger charge is -2.15.